The van der Waals surface area contributed by atoms with Crippen molar-refractivity contribution in [1.29, 1.82) is 5.26 Å². The molecule has 0 aliphatic carbocycles. The number of aromatic nitrogens is 1. The van der Waals surface area contributed by atoms with Gasteiger partial charge in [-0.25, -0.2) is 0 Å². The number of benzene rings is 2. The van der Waals surface area contributed by atoms with Gasteiger partial charge in [-0.3, -0.25) is 4.98 Å². The Bertz CT molecular complexity index is 1050. The summed E-state index contributed by atoms with van der Waals surface area (Å²) < 4.78 is 18.3. The summed E-state index contributed by atoms with van der Waals surface area (Å²) in [5.74, 6) is 1.96. The molecular formula is C24H28N2O3. The van der Waals surface area contributed by atoms with Crippen molar-refractivity contribution >= 4 is 21.7 Å². The van der Waals surface area contributed by atoms with E-state index >= 15 is 0 Å². The Hall–Kier alpha value is -3.00. The van der Waals surface area contributed by atoms with Crippen molar-refractivity contribution in [2.24, 2.45) is 0 Å². The van der Waals surface area contributed by atoms with Crippen molar-refractivity contribution in [2.75, 3.05) is 19.8 Å². The van der Waals surface area contributed by atoms with Crippen LogP contribution in [0.1, 0.15) is 51.3 Å². The predicted octanol–water partition coefficient (Wildman–Crippen LogP) is 5.93. The summed E-state index contributed by atoms with van der Waals surface area (Å²) in [4.78, 5) is 4.63. The van der Waals surface area contributed by atoms with Crippen LogP contribution in [0.25, 0.3) is 21.7 Å². The molecule has 2 aromatic carbocycles. The van der Waals surface area contributed by atoms with E-state index in [9.17, 15) is 5.26 Å². The lowest BCUT2D eigenvalue weighted by Crippen LogP contribution is -2.06. The number of nitriles is 1. The molecule has 0 aliphatic rings. The SMILES string of the molecule is CCCOc1cc2cc(C#N)c3nc(C)ccc3c2c(OCCC)c1OCCC. The Morgan fingerprint density at radius 1 is 0.897 bits per heavy atom. The van der Waals surface area contributed by atoms with Gasteiger partial charge in [-0.1, -0.05) is 26.8 Å². The third-order valence-electron chi connectivity index (χ3n) is 4.57. The summed E-state index contributed by atoms with van der Waals surface area (Å²) in [7, 11) is 0. The van der Waals surface area contributed by atoms with Gasteiger partial charge in [0.1, 0.15) is 6.07 Å². The second-order valence-electron chi connectivity index (χ2n) is 7.06. The highest BCUT2D eigenvalue weighted by atomic mass is 16.5. The summed E-state index contributed by atoms with van der Waals surface area (Å²) in [6, 6.07) is 10.1. The minimum atomic E-state index is 0.543. The molecule has 0 fully saturated rings. The summed E-state index contributed by atoms with van der Waals surface area (Å²) in [5, 5.41) is 12.4. The van der Waals surface area contributed by atoms with Crippen LogP contribution in [0.2, 0.25) is 0 Å². The fraction of sp³-hybridized carbons (Fsp3) is 0.417. The maximum absolute atomic E-state index is 9.70. The molecule has 3 rings (SSSR count). The Morgan fingerprint density at radius 2 is 1.55 bits per heavy atom. The van der Waals surface area contributed by atoms with Gasteiger partial charge in [-0.15, -0.1) is 0 Å². The minimum Gasteiger partial charge on any atom is -0.490 e. The van der Waals surface area contributed by atoms with E-state index in [4.69, 9.17) is 14.2 Å². The number of nitrogens with zero attached hydrogens (tertiary/aromatic N) is 2. The van der Waals surface area contributed by atoms with Crippen LogP contribution in [0.15, 0.2) is 24.3 Å². The van der Waals surface area contributed by atoms with Crippen molar-refractivity contribution in [2.45, 2.75) is 47.0 Å². The number of hydrogen-bond acceptors (Lipinski definition) is 5. The molecule has 5 heteroatoms. The van der Waals surface area contributed by atoms with Gasteiger partial charge in [-0.2, -0.15) is 5.26 Å². The molecule has 0 atom stereocenters. The molecule has 0 bridgehead atoms. The summed E-state index contributed by atoms with van der Waals surface area (Å²) in [6.45, 7) is 9.86. The number of ether oxygens (including phenoxy) is 3. The zero-order valence-corrected chi connectivity index (χ0v) is 17.7. The van der Waals surface area contributed by atoms with Gasteiger partial charge in [0.15, 0.2) is 11.5 Å². The van der Waals surface area contributed by atoms with Crippen molar-refractivity contribution < 1.29 is 14.2 Å². The molecule has 0 radical (unpaired) electrons. The van der Waals surface area contributed by atoms with Crippen LogP contribution >= 0.6 is 0 Å². The van der Waals surface area contributed by atoms with E-state index in [1.807, 2.05) is 31.2 Å². The summed E-state index contributed by atoms with van der Waals surface area (Å²) >= 11 is 0. The molecule has 3 aromatic rings. The molecule has 0 aliphatic heterocycles. The third kappa shape index (κ3) is 4.22. The molecule has 152 valence electrons. The van der Waals surface area contributed by atoms with Crippen LogP contribution in [-0.4, -0.2) is 24.8 Å². The Kier molecular flexibility index (Phi) is 6.77. The summed E-state index contributed by atoms with van der Waals surface area (Å²) in [5.41, 5.74) is 2.10. The molecule has 5 nitrogen and oxygen atoms in total. The quantitative estimate of drug-likeness (QED) is 0.422. The van der Waals surface area contributed by atoms with E-state index < -0.39 is 0 Å². The van der Waals surface area contributed by atoms with Gasteiger partial charge >= 0.3 is 0 Å². The Balaban J connectivity index is 2.40. The molecule has 29 heavy (non-hydrogen) atoms. The fourth-order valence-corrected chi connectivity index (χ4v) is 3.30. The van der Waals surface area contributed by atoms with Crippen LogP contribution < -0.4 is 14.2 Å². The van der Waals surface area contributed by atoms with Crippen molar-refractivity contribution in [3.8, 4) is 23.3 Å². The molecule has 0 spiro atoms. The number of fused-ring (bicyclic) bond motifs is 3. The van der Waals surface area contributed by atoms with E-state index in [1.54, 1.807) is 0 Å². The van der Waals surface area contributed by atoms with E-state index in [2.05, 4.69) is 31.8 Å². The van der Waals surface area contributed by atoms with Crippen LogP contribution in [0.4, 0.5) is 0 Å². The Morgan fingerprint density at radius 3 is 2.21 bits per heavy atom. The molecule has 0 amide bonds. The highest BCUT2D eigenvalue weighted by Gasteiger charge is 2.21. The second-order valence-corrected chi connectivity index (χ2v) is 7.06. The van der Waals surface area contributed by atoms with Crippen molar-refractivity contribution in [3.05, 3.63) is 35.5 Å². The normalized spacial score (nSPS) is 10.9. The van der Waals surface area contributed by atoms with Crippen LogP contribution in [-0.2, 0) is 0 Å². The maximum atomic E-state index is 9.70. The third-order valence-corrected chi connectivity index (χ3v) is 4.57. The first-order valence-electron chi connectivity index (χ1n) is 10.3. The molecule has 0 N–H and O–H groups in total. The lowest BCUT2D eigenvalue weighted by atomic mass is 9.99. The molecule has 0 saturated heterocycles. The maximum Gasteiger partial charge on any atom is 0.204 e. The first-order valence-corrected chi connectivity index (χ1v) is 10.3. The zero-order chi connectivity index (χ0) is 20.8. The lowest BCUT2D eigenvalue weighted by molar-refractivity contribution is 0.245. The topological polar surface area (TPSA) is 64.4 Å². The van der Waals surface area contributed by atoms with Gasteiger partial charge in [-0.05, 0) is 49.8 Å². The number of pyridine rings is 1. The van der Waals surface area contributed by atoms with Crippen molar-refractivity contribution in [3.63, 3.8) is 0 Å². The van der Waals surface area contributed by atoms with E-state index in [1.165, 1.54) is 0 Å². The van der Waals surface area contributed by atoms with Gasteiger partial charge < -0.3 is 14.2 Å². The smallest absolute Gasteiger partial charge is 0.204 e. The number of aryl methyl sites for hydroxylation is 1. The fourth-order valence-electron chi connectivity index (χ4n) is 3.30. The number of rotatable bonds is 9. The van der Waals surface area contributed by atoms with Crippen LogP contribution in [0.3, 0.4) is 0 Å². The van der Waals surface area contributed by atoms with Crippen LogP contribution in [0, 0.1) is 18.3 Å². The molecule has 0 unspecified atom stereocenters. The van der Waals surface area contributed by atoms with Gasteiger partial charge in [0.25, 0.3) is 0 Å². The van der Waals surface area contributed by atoms with E-state index in [0.717, 1.165) is 41.1 Å². The van der Waals surface area contributed by atoms with Gasteiger partial charge in [0, 0.05) is 16.5 Å². The summed E-state index contributed by atoms with van der Waals surface area (Å²) in [6.07, 6.45) is 2.65. The molecule has 0 saturated carbocycles. The molecule has 1 aromatic heterocycles. The number of hydrogen-bond donors (Lipinski definition) is 0. The van der Waals surface area contributed by atoms with Gasteiger partial charge in [0.2, 0.25) is 5.75 Å². The highest BCUT2D eigenvalue weighted by molar-refractivity contribution is 6.13. The minimum absolute atomic E-state index is 0.543. The van der Waals surface area contributed by atoms with E-state index in [-0.39, 0.29) is 0 Å². The first-order chi connectivity index (χ1) is 14.1. The van der Waals surface area contributed by atoms with E-state index in [0.29, 0.717) is 48.1 Å². The average Bonchev–Trinajstić information content (AvgIpc) is 2.73. The predicted molar refractivity (Wildman–Crippen MR) is 116 cm³/mol. The lowest BCUT2D eigenvalue weighted by Gasteiger charge is -2.20. The largest absolute Gasteiger partial charge is 0.490 e. The van der Waals surface area contributed by atoms with Crippen LogP contribution in [0.5, 0.6) is 17.2 Å². The standard InChI is InChI=1S/C24H28N2O3/c1-5-10-27-20-14-17-13-18(15-25)22-19(9-8-16(4)26-22)21(17)24(29-12-7-3)23(20)28-11-6-2/h8-9,13-14H,5-7,10-12H2,1-4H3. The van der Waals surface area contributed by atoms with Gasteiger partial charge in [0.05, 0.1) is 30.9 Å². The first kappa shape index (κ1) is 20.7. The monoisotopic (exact) mass is 392 g/mol. The highest BCUT2D eigenvalue weighted by Crippen LogP contribution is 2.47. The molecule has 1 heterocycles. The second kappa shape index (κ2) is 9.47. The Labute approximate surface area is 172 Å². The zero-order valence-electron chi connectivity index (χ0n) is 17.7. The molecular weight excluding hydrogens is 364 g/mol. The average molecular weight is 392 g/mol. The van der Waals surface area contributed by atoms with Crippen molar-refractivity contribution in [1.82, 2.24) is 4.98 Å².